The van der Waals surface area contributed by atoms with E-state index in [4.69, 9.17) is 11.6 Å². The number of hydrogen-bond donors (Lipinski definition) is 1. The zero-order chi connectivity index (χ0) is 9.42. The number of benzene rings is 1. The highest BCUT2D eigenvalue weighted by atomic mass is 35.5. The number of aromatic amines is 1. The smallest absolute Gasteiger partial charge is 0.0646 e. The van der Waals surface area contributed by atoms with Crippen LogP contribution >= 0.6 is 11.6 Å². The molecule has 0 unspecified atom stereocenters. The molecule has 2 nitrogen and oxygen atoms in total. The molecule has 0 amide bonds. The van der Waals surface area contributed by atoms with E-state index in [2.05, 4.69) is 11.1 Å². The molecule has 0 bridgehead atoms. The van der Waals surface area contributed by atoms with E-state index >= 15 is 0 Å². The summed E-state index contributed by atoms with van der Waals surface area (Å²) in [6.45, 7) is 0. The SMILES string of the molecule is CN(C)c1cc2[nH]ccc2cc1Cl. The van der Waals surface area contributed by atoms with Crippen molar-refractivity contribution in [2.45, 2.75) is 0 Å². The van der Waals surface area contributed by atoms with E-state index < -0.39 is 0 Å². The number of halogens is 1. The second kappa shape index (κ2) is 2.96. The van der Waals surface area contributed by atoms with Crippen LogP contribution in [0.15, 0.2) is 24.4 Å². The molecule has 0 aliphatic rings. The van der Waals surface area contributed by atoms with Crippen molar-refractivity contribution < 1.29 is 0 Å². The first-order valence-corrected chi connectivity index (χ1v) is 4.50. The van der Waals surface area contributed by atoms with Gasteiger partial charge >= 0.3 is 0 Å². The second-order valence-corrected chi connectivity index (χ2v) is 3.67. The van der Waals surface area contributed by atoms with Crippen molar-refractivity contribution in [3.63, 3.8) is 0 Å². The fourth-order valence-corrected chi connectivity index (χ4v) is 1.75. The fraction of sp³-hybridized carbons (Fsp3) is 0.200. The Labute approximate surface area is 82.1 Å². The highest BCUT2D eigenvalue weighted by Crippen LogP contribution is 2.28. The van der Waals surface area contributed by atoms with Gasteiger partial charge < -0.3 is 9.88 Å². The summed E-state index contributed by atoms with van der Waals surface area (Å²) >= 11 is 6.10. The molecule has 0 saturated carbocycles. The van der Waals surface area contributed by atoms with Crippen molar-refractivity contribution in [3.05, 3.63) is 29.4 Å². The normalized spacial score (nSPS) is 10.7. The molecule has 0 spiro atoms. The van der Waals surface area contributed by atoms with Gasteiger partial charge in [-0.25, -0.2) is 0 Å². The van der Waals surface area contributed by atoms with Gasteiger partial charge in [0, 0.05) is 31.2 Å². The van der Waals surface area contributed by atoms with E-state index in [-0.39, 0.29) is 0 Å². The molecule has 1 heterocycles. The van der Waals surface area contributed by atoms with Crippen molar-refractivity contribution in [2.24, 2.45) is 0 Å². The van der Waals surface area contributed by atoms with Crippen molar-refractivity contribution in [1.82, 2.24) is 4.98 Å². The average Bonchev–Trinajstić information content (AvgIpc) is 2.48. The Hall–Kier alpha value is -1.15. The van der Waals surface area contributed by atoms with E-state index in [1.54, 1.807) is 0 Å². The Kier molecular flexibility index (Phi) is 1.93. The van der Waals surface area contributed by atoms with Crippen LogP contribution in [-0.4, -0.2) is 19.1 Å². The summed E-state index contributed by atoms with van der Waals surface area (Å²) in [5, 5.41) is 1.94. The number of nitrogens with one attached hydrogen (secondary N) is 1. The monoisotopic (exact) mass is 194 g/mol. The maximum absolute atomic E-state index is 6.10. The zero-order valence-corrected chi connectivity index (χ0v) is 8.39. The molecular weight excluding hydrogens is 184 g/mol. The van der Waals surface area contributed by atoms with Crippen LogP contribution in [0.5, 0.6) is 0 Å². The van der Waals surface area contributed by atoms with Gasteiger partial charge in [-0.05, 0) is 18.2 Å². The number of H-pyrrole nitrogens is 1. The second-order valence-electron chi connectivity index (χ2n) is 3.26. The molecule has 1 N–H and O–H groups in total. The van der Waals surface area contributed by atoms with Crippen LogP contribution in [-0.2, 0) is 0 Å². The van der Waals surface area contributed by atoms with Crippen LogP contribution in [0.25, 0.3) is 10.9 Å². The summed E-state index contributed by atoms with van der Waals surface area (Å²) in [6.07, 6.45) is 1.92. The third-order valence-corrected chi connectivity index (χ3v) is 2.41. The molecule has 13 heavy (non-hydrogen) atoms. The molecule has 0 atom stereocenters. The molecule has 2 aromatic rings. The topological polar surface area (TPSA) is 19.0 Å². The van der Waals surface area contributed by atoms with Gasteiger partial charge in [0.05, 0.1) is 10.7 Å². The maximum Gasteiger partial charge on any atom is 0.0646 e. The number of aromatic nitrogens is 1. The Balaban J connectivity index is 2.69. The molecule has 68 valence electrons. The van der Waals surface area contributed by atoms with E-state index in [1.165, 1.54) is 0 Å². The van der Waals surface area contributed by atoms with Gasteiger partial charge in [-0.2, -0.15) is 0 Å². The van der Waals surface area contributed by atoms with E-state index in [9.17, 15) is 0 Å². The molecule has 0 fully saturated rings. The summed E-state index contributed by atoms with van der Waals surface area (Å²) in [6, 6.07) is 6.04. The van der Waals surface area contributed by atoms with Gasteiger partial charge in [-0.15, -0.1) is 0 Å². The third-order valence-electron chi connectivity index (χ3n) is 2.10. The Morgan fingerprint density at radius 3 is 2.77 bits per heavy atom. The van der Waals surface area contributed by atoms with Crippen LogP contribution in [0.4, 0.5) is 5.69 Å². The molecule has 0 aliphatic carbocycles. The average molecular weight is 195 g/mol. The fourth-order valence-electron chi connectivity index (χ4n) is 1.40. The molecule has 3 heteroatoms. The first-order chi connectivity index (χ1) is 6.18. The van der Waals surface area contributed by atoms with Gasteiger partial charge in [-0.1, -0.05) is 11.6 Å². The number of nitrogens with zero attached hydrogens (tertiary/aromatic N) is 1. The molecule has 0 radical (unpaired) electrons. The Morgan fingerprint density at radius 1 is 1.31 bits per heavy atom. The lowest BCUT2D eigenvalue weighted by atomic mass is 10.2. The maximum atomic E-state index is 6.10. The predicted octanol–water partition coefficient (Wildman–Crippen LogP) is 2.89. The molecule has 2 rings (SSSR count). The van der Waals surface area contributed by atoms with Crippen molar-refractivity contribution >= 4 is 28.2 Å². The zero-order valence-electron chi connectivity index (χ0n) is 7.63. The minimum atomic E-state index is 0.789. The number of rotatable bonds is 1. The van der Waals surface area contributed by atoms with Crippen LogP contribution in [0.3, 0.4) is 0 Å². The lowest BCUT2D eigenvalue weighted by Gasteiger charge is -2.14. The molecule has 0 aliphatic heterocycles. The quantitative estimate of drug-likeness (QED) is 0.740. The van der Waals surface area contributed by atoms with Crippen molar-refractivity contribution in [2.75, 3.05) is 19.0 Å². The van der Waals surface area contributed by atoms with Crippen LogP contribution < -0.4 is 4.90 Å². The van der Waals surface area contributed by atoms with Gasteiger partial charge in [-0.3, -0.25) is 0 Å². The van der Waals surface area contributed by atoms with E-state index in [0.29, 0.717) is 0 Å². The summed E-state index contributed by atoms with van der Waals surface area (Å²) in [5.41, 5.74) is 2.16. The summed E-state index contributed by atoms with van der Waals surface area (Å²) < 4.78 is 0. The van der Waals surface area contributed by atoms with Gasteiger partial charge in [0.2, 0.25) is 0 Å². The molecule has 0 saturated heterocycles. The number of anilines is 1. The lowest BCUT2D eigenvalue weighted by molar-refractivity contribution is 1.13. The van der Waals surface area contributed by atoms with E-state index in [0.717, 1.165) is 21.6 Å². The first kappa shape index (κ1) is 8.45. The molecule has 1 aromatic carbocycles. The first-order valence-electron chi connectivity index (χ1n) is 4.12. The Morgan fingerprint density at radius 2 is 2.08 bits per heavy atom. The number of hydrogen-bond acceptors (Lipinski definition) is 1. The lowest BCUT2D eigenvalue weighted by Crippen LogP contribution is -2.08. The Bertz CT molecular complexity index is 431. The molecule has 1 aromatic heterocycles. The van der Waals surface area contributed by atoms with Crippen LogP contribution in [0, 0.1) is 0 Å². The number of fused-ring (bicyclic) bond motifs is 1. The van der Waals surface area contributed by atoms with Crippen LogP contribution in [0.2, 0.25) is 5.02 Å². The highest BCUT2D eigenvalue weighted by Gasteiger charge is 2.04. The van der Waals surface area contributed by atoms with Gasteiger partial charge in [0.1, 0.15) is 0 Å². The van der Waals surface area contributed by atoms with Crippen molar-refractivity contribution in [3.8, 4) is 0 Å². The predicted molar refractivity (Wildman–Crippen MR) is 57.6 cm³/mol. The largest absolute Gasteiger partial charge is 0.376 e. The minimum absolute atomic E-state index is 0.789. The van der Waals surface area contributed by atoms with E-state index in [1.807, 2.05) is 37.3 Å². The van der Waals surface area contributed by atoms with Crippen LogP contribution in [0.1, 0.15) is 0 Å². The summed E-state index contributed by atoms with van der Waals surface area (Å²) in [7, 11) is 3.96. The van der Waals surface area contributed by atoms with Gasteiger partial charge in [0.15, 0.2) is 0 Å². The minimum Gasteiger partial charge on any atom is -0.376 e. The summed E-state index contributed by atoms with van der Waals surface area (Å²) in [5.74, 6) is 0. The standard InChI is InChI=1S/C10H11ClN2/c1-13(2)10-6-9-7(3-4-12-9)5-8(10)11/h3-6,12H,1-2H3. The molecular formula is C10H11ClN2. The summed E-state index contributed by atoms with van der Waals surface area (Å²) in [4.78, 5) is 5.16. The van der Waals surface area contributed by atoms with Crippen molar-refractivity contribution in [1.29, 1.82) is 0 Å². The third kappa shape index (κ3) is 1.38. The van der Waals surface area contributed by atoms with Gasteiger partial charge in [0.25, 0.3) is 0 Å². The highest BCUT2D eigenvalue weighted by molar-refractivity contribution is 6.34.